The molecule has 1 rings (SSSR count). The minimum Gasteiger partial charge on any atom is -0.489 e. The lowest BCUT2D eigenvalue weighted by molar-refractivity contribution is -0.115. The third-order valence-electron chi connectivity index (χ3n) is 2.29. The molecule has 0 aliphatic carbocycles. The summed E-state index contributed by atoms with van der Waals surface area (Å²) in [7, 11) is 1.63. The predicted molar refractivity (Wildman–Crippen MR) is 82.8 cm³/mol. The van der Waals surface area contributed by atoms with E-state index in [4.69, 9.17) is 9.47 Å². The van der Waals surface area contributed by atoms with Gasteiger partial charge in [-0.05, 0) is 26.0 Å². The van der Waals surface area contributed by atoms with Crippen LogP contribution in [0, 0.1) is 0 Å². The van der Waals surface area contributed by atoms with Crippen molar-refractivity contribution in [3.8, 4) is 5.75 Å². The Bertz CT molecular complexity index is 400. The summed E-state index contributed by atoms with van der Waals surface area (Å²) < 4.78 is 10.5. The number of benzene rings is 1. The fourth-order valence-corrected chi connectivity index (χ4v) is 1.50. The Hall–Kier alpha value is -1.30. The number of anilines is 1. The molecule has 2 N–H and O–H groups in total. The van der Waals surface area contributed by atoms with Crippen LogP contribution < -0.4 is 15.4 Å². The van der Waals surface area contributed by atoms with Gasteiger partial charge in [-0.15, -0.1) is 12.4 Å². The number of halogens is 1. The highest BCUT2D eigenvalue weighted by Crippen LogP contribution is 2.24. The molecule has 0 fully saturated rings. The Morgan fingerprint density at radius 2 is 2.00 bits per heavy atom. The van der Waals surface area contributed by atoms with Crippen LogP contribution in [0.1, 0.15) is 13.8 Å². The number of hydrogen-bond donors (Lipinski definition) is 2. The molecule has 0 radical (unpaired) electrons. The van der Waals surface area contributed by atoms with Crippen molar-refractivity contribution in [3.05, 3.63) is 24.3 Å². The molecule has 0 saturated heterocycles. The van der Waals surface area contributed by atoms with Crippen molar-refractivity contribution in [1.82, 2.24) is 5.32 Å². The summed E-state index contributed by atoms with van der Waals surface area (Å²) in [4.78, 5) is 11.7. The largest absolute Gasteiger partial charge is 0.489 e. The molecule has 0 aromatic heterocycles. The molecule has 114 valence electrons. The second-order valence-electron chi connectivity index (χ2n) is 4.38. The van der Waals surface area contributed by atoms with Crippen LogP contribution in [-0.2, 0) is 9.53 Å². The van der Waals surface area contributed by atoms with E-state index >= 15 is 0 Å². The fourth-order valence-electron chi connectivity index (χ4n) is 1.50. The van der Waals surface area contributed by atoms with Crippen molar-refractivity contribution in [3.63, 3.8) is 0 Å². The highest BCUT2D eigenvalue weighted by molar-refractivity contribution is 5.93. The van der Waals surface area contributed by atoms with E-state index in [-0.39, 0.29) is 31.0 Å². The van der Waals surface area contributed by atoms with E-state index in [1.807, 2.05) is 38.1 Å². The van der Waals surface area contributed by atoms with E-state index in [1.54, 1.807) is 7.11 Å². The SMILES string of the molecule is COCCNCC(=O)Nc1ccccc1OC(C)C.Cl. The van der Waals surface area contributed by atoms with Crippen LogP contribution in [0.25, 0.3) is 0 Å². The summed E-state index contributed by atoms with van der Waals surface area (Å²) in [5, 5.41) is 5.81. The third kappa shape index (κ3) is 7.33. The maximum Gasteiger partial charge on any atom is 0.238 e. The number of carbonyl (C=O) groups is 1. The van der Waals surface area contributed by atoms with Gasteiger partial charge in [0.25, 0.3) is 0 Å². The first kappa shape index (κ1) is 18.7. The summed E-state index contributed by atoms with van der Waals surface area (Å²) >= 11 is 0. The Morgan fingerprint density at radius 1 is 1.30 bits per heavy atom. The molecule has 0 spiro atoms. The monoisotopic (exact) mass is 302 g/mol. The highest BCUT2D eigenvalue weighted by Gasteiger charge is 2.08. The molecule has 1 aromatic rings. The molecule has 0 bridgehead atoms. The predicted octanol–water partition coefficient (Wildman–Crippen LogP) is 2.07. The highest BCUT2D eigenvalue weighted by atomic mass is 35.5. The maximum absolute atomic E-state index is 11.7. The molecule has 20 heavy (non-hydrogen) atoms. The summed E-state index contributed by atoms with van der Waals surface area (Å²) in [5.41, 5.74) is 0.690. The molecule has 0 aliphatic rings. The van der Waals surface area contributed by atoms with E-state index in [0.717, 1.165) is 0 Å². The van der Waals surface area contributed by atoms with Crippen LogP contribution in [0.2, 0.25) is 0 Å². The van der Waals surface area contributed by atoms with Crippen LogP contribution in [0.4, 0.5) is 5.69 Å². The lowest BCUT2D eigenvalue weighted by Gasteiger charge is -2.14. The van der Waals surface area contributed by atoms with Crippen LogP contribution in [0.3, 0.4) is 0 Å². The molecule has 5 nitrogen and oxygen atoms in total. The molecule has 0 unspecified atom stereocenters. The van der Waals surface area contributed by atoms with Crippen LogP contribution in [0.5, 0.6) is 5.75 Å². The zero-order chi connectivity index (χ0) is 14.1. The normalized spacial score (nSPS) is 10.0. The van der Waals surface area contributed by atoms with Gasteiger partial charge in [-0.25, -0.2) is 0 Å². The Kier molecular flexibility index (Phi) is 9.80. The van der Waals surface area contributed by atoms with Crippen molar-refractivity contribution in [2.45, 2.75) is 20.0 Å². The number of ether oxygens (including phenoxy) is 2. The van der Waals surface area contributed by atoms with Gasteiger partial charge in [-0.1, -0.05) is 12.1 Å². The fraction of sp³-hybridized carbons (Fsp3) is 0.500. The molecule has 0 aliphatic heterocycles. The number of methoxy groups -OCH3 is 1. The zero-order valence-electron chi connectivity index (χ0n) is 12.1. The summed E-state index contributed by atoms with van der Waals surface area (Å²) in [5.74, 6) is 0.582. The molecular formula is C14H23ClN2O3. The minimum atomic E-state index is -0.101. The van der Waals surface area contributed by atoms with Crippen LogP contribution in [0.15, 0.2) is 24.3 Å². The zero-order valence-corrected chi connectivity index (χ0v) is 13.0. The number of hydrogen-bond acceptors (Lipinski definition) is 4. The molecule has 0 saturated carbocycles. The van der Waals surface area contributed by atoms with Crippen molar-refractivity contribution in [2.24, 2.45) is 0 Å². The van der Waals surface area contributed by atoms with E-state index in [0.29, 0.717) is 24.6 Å². The first-order chi connectivity index (χ1) is 9.13. The second-order valence-corrected chi connectivity index (χ2v) is 4.38. The van der Waals surface area contributed by atoms with Crippen molar-refractivity contribution >= 4 is 24.0 Å². The average Bonchev–Trinajstić information content (AvgIpc) is 2.36. The van der Waals surface area contributed by atoms with E-state index in [2.05, 4.69) is 10.6 Å². The number of amides is 1. The lowest BCUT2D eigenvalue weighted by Crippen LogP contribution is -2.30. The summed E-state index contributed by atoms with van der Waals surface area (Å²) in [6, 6.07) is 7.41. The van der Waals surface area contributed by atoms with Gasteiger partial charge >= 0.3 is 0 Å². The lowest BCUT2D eigenvalue weighted by atomic mass is 10.3. The Morgan fingerprint density at radius 3 is 2.65 bits per heavy atom. The van der Waals surface area contributed by atoms with E-state index in [1.165, 1.54) is 0 Å². The smallest absolute Gasteiger partial charge is 0.238 e. The third-order valence-corrected chi connectivity index (χ3v) is 2.29. The minimum absolute atomic E-state index is 0. The topological polar surface area (TPSA) is 59.6 Å². The quantitative estimate of drug-likeness (QED) is 0.722. The van der Waals surface area contributed by atoms with Gasteiger partial charge in [0, 0.05) is 13.7 Å². The standard InChI is InChI=1S/C14H22N2O3.ClH/c1-11(2)19-13-7-5-4-6-12(13)16-14(17)10-15-8-9-18-3;/h4-7,11,15H,8-10H2,1-3H3,(H,16,17);1H. The van der Waals surface area contributed by atoms with Gasteiger partial charge in [-0.3, -0.25) is 4.79 Å². The first-order valence-corrected chi connectivity index (χ1v) is 6.38. The Labute approximate surface area is 126 Å². The number of nitrogens with one attached hydrogen (secondary N) is 2. The second kappa shape index (κ2) is 10.5. The number of para-hydroxylation sites is 2. The van der Waals surface area contributed by atoms with Crippen LogP contribution in [-0.4, -0.2) is 38.8 Å². The Balaban J connectivity index is 0.00000361. The van der Waals surface area contributed by atoms with Gasteiger partial charge < -0.3 is 20.1 Å². The number of carbonyl (C=O) groups excluding carboxylic acids is 1. The van der Waals surface area contributed by atoms with Crippen LogP contribution >= 0.6 is 12.4 Å². The average molecular weight is 303 g/mol. The van der Waals surface area contributed by atoms with Gasteiger partial charge in [0.1, 0.15) is 5.75 Å². The van der Waals surface area contributed by atoms with Crippen molar-refractivity contribution in [1.29, 1.82) is 0 Å². The molecule has 0 atom stereocenters. The van der Waals surface area contributed by atoms with Gasteiger partial charge in [0.05, 0.1) is 24.9 Å². The van der Waals surface area contributed by atoms with Crippen molar-refractivity contribution in [2.75, 3.05) is 32.1 Å². The molecular weight excluding hydrogens is 280 g/mol. The first-order valence-electron chi connectivity index (χ1n) is 6.38. The maximum atomic E-state index is 11.7. The van der Waals surface area contributed by atoms with Gasteiger partial charge in [0.2, 0.25) is 5.91 Å². The van der Waals surface area contributed by atoms with E-state index < -0.39 is 0 Å². The van der Waals surface area contributed by atoms with Gasteiger partial charge in [0.15, 0.2) is 0 Å². The molecule has 6 heteroatoms. The molecule has 1 amide bonds. The van der Waals surface area contributed by atoms with Gasteiger partial charge in [-0.2, -0.15) is 0 Å². The van der Waals surface area contributed by atoms with E-state index in [9.17, 15) is 4.79 Å². The summed E-state index contributed by atoms with van der Waals surface area (Å²) in [6.45, 7) is 5.38. The number of rotatable bonds is 8. The summed E-state index contributed by atoms with van der Waals surface area (Å²) in [6.07, 6.45) is 0.0675. The molecule has 0 heterocycles. The van der Waals surface area contributed by atoms with Crippen molar-refractivity contribution < 1.29 is 14.3 Å². The molecule has 1 aromatic carbocycles.